The molecule has 0 radical (unpaired) electrons. The molecule has 25 heavy (non-hydrogen) atoms. The van der Waals surface area contributed by atoms with Crippen LogP contribution in [0.15, 0.2) is 6.33 Å². The normalized spacial score (nSPS) is 15.3. The highest BCUT2D eigenvalue weighted by Gasteiger charge is 2.34. The zero-order chi connectivity index (χ0) is 18.1. The molecule has 1 atom stereocenters. The van der Waals surface area contributed by atoms with Crippen molar-refractivity contribution < 1.29 is 14.7 Å². The number of carboxylic acids is 1. The lowest BCUT2D eigenvalue weighted by Crippen LogP contribution is -2.38. The summed E-state index contributed by atoms with van der Waals surface area (Å²) in [7, 11) is 0. The van der Waals surface area contributed by atoms with Gasteiger partial charge in [0.25, 0.3) is 5.78 Å². The topological polar surface area (TPSA) is 101 Å². The molecule has 2 aromatic heterocycles. The first-order chi connectivity index (χ1) is 11.9. The van der Waals surface area contributed by atoms with E-state index in [1.807, 2.05) is 13.8 Å². The molecular weight excluding hydrogens is 322 g/mol. The van der Waals surface area contributed by atoms with Crippen LogP contribution in [-0.4, -0.2) is 54.1 Å². The highest BCUT2D eigenvalue weighted by molar-refractivity contribution is 5.78. The molecule has 1 saturated carbocycles. The first kappa shape index (κ1) is 17.3. The monoisotopic (exact) mass is 345 g/mol. The average molecular weight is 345 g/mol. The number of hydrogen-bond acceptors (Lipinski definition) is 5. The molecule has 1 aliphatic carbocycles. The standard InChI is InChI=1S/C17H23N5O3/c1-10(16(24)25)8-21(13-4-5-13)15(23)7-6-14-11(2)20-17-18-9-19-22(17)12(14)3/h9-10,13H,4-8H2,1-3H3,(H,24,25). The summed E-state index contributed by atoms with van der Waals surface area (Å²) in [6.07, 6.45) is 4.29. The Labute approximate surface area is 145 Å². The quantitative estimate of drug-likeness (QED) is 0.814. The van der Waals surface area contributed by atoms with Gasteiger partial charge in [0.1, 0.15) is 6.33 Å². The maximum absolute atomic E-state index is 12.7. The van der Waals surface area contributed by atoms with Crippen LogP contribution in [0.5, 0.6) is 0 Å². The lowest BCUT2D eigenvalue weighted by molar-refractivity contribution is -0.143. The van der Waals surface area contributed by atoms with Crippen LogP contribution in [0.2, 0.25) is 0 Å². The second kappa shape index (κ2) is 6.78. The predicted molar refractivity (Wildman–Crippen MR) is 90.1 cm³/mol. The minimum atomic E-state index is -0.869. The number of aliphatic carboxylic acids is 1. The van der Waals surface area contributed by atoms with Crippen molar-refractivity contribution in [1.82, 2.24) is 24.5 Å². The van der Waals surface area contributed by atoms with Gasteiger partial charge in [0.15, 0.2) is 0 Å². The number of carbonyl (C=O) groups is 2. The van der Waals surface area contributed by atoms with E-state index in [1.165, 1.54) is 6.33 Å². The number of fused-ring (bicyclic) bond motifs is 1. The van der Waals surface area contributed by atoms with E-state index in [9.17, 15) is 9.59 Å². The van der Waals surface area contributed by atoms with Gasteiger partial charge in [-0.3, -0.25) is 9.59 Å². The second-order valence-corrected chi connectivity index (χ2v) is 6.75. The van der Waals surface area contributed by atoms with Gasteiger partial charge in [-0.1, -0.05) is 6.92 Å². The number of aryl methyl sites for hydroxylation is 2. The Hall–Kier alpha value is -2.51. The van der Waals surface area contributed by atoms with Crippen molar-refractivity contribution in [2.45, 2.75) is 52.5 Å². The third kappa shape index (κ3) is 3.62. The average Bonchev–Trinajstić information content (AvgIpc) is 3.29. The van der Waals surface area contributed by atoms with Crippen LogP contribution in [0.4, 0.5) is 0 Å². The molecule has 0 spiro atoms. The van der Waals surface area contributed by atoms with E-state index >= 15 is 0 Å². The summed E-state index contributed by atoms with van der Waals surface area (Å²) in [5.74, 6) is -0.861. The Bertz CT molecular complexity index is 812. The van der Waals surface area contributed by atoms with Crippen molar-refractivity contribution in [2.75, 3.05) is 6.54 Å². The van der Waals surface area contributed by atoms with E-state index in [0.29, 0.717) is 18.6 Å². The van der Waals surface area contributed by atoms with Crippen LogP contribution in [0.1, 0.15) is 43.1 Å². The van der Waals surface area contributed by atoms with Crippen molar-refractivity contribution >= 4 is 17.7 Å². The van der Waals surface area contributed by atoms with Gasteiger partial charge < -0.3 is 10.0 Å². The van der Waals surface area contributed by atoms with E-state index in [4.69, 9.17) is 5.11 Å². The van der Waals surface area contributed by atoms with Crippen molar-refractivity contribution in [2.24, 2.45) is 5.92 Å². The molecule has 8 nitrogen and oxygen atoms in total. The molecule has 1 N–H and O–H groups in total. The zero-order valence-electron chi connectivity index (χ0n) is 14.8. The summed E-state index contributed by atoms with van der Waals surface area (Å²) >= 11 is 0. The van der Waals surface area contributed by atoms with Gasteiger partial charge in [0.2, 0.25) is 5.91 Å². The van der Waals surface area contributed by atoms with Crippen LogP contribution in [0.3, 0.4) is 0 Å². The van der Waals surface area contributed by atoms with Gasteiger partial charge in [0, 0.05) is 30.4 Å². The summed E-state index contributed by atoms with van der Waals surface area (Å²) in [5, 5.41) is 13.3. The minimum Gasteiger partial charge on any atom is -0.481 e. The summed E-state index contributed by atoms with van der Waals surface area (Å²) in [6, 6.07) is 0.201. The van der Waals surface area contributed by atoms with Crippen LogP contribution in [0, 0.1) is 19.8 Å². The Morgan fingerprint density at radius 3 is 2.76 bits per heavy atom. The number of carbonyl (C=O) groups excluding carboxylic acids is 1. The lowest BCUT2D eigenvalue weighted by atomic mass is 10.1. The molecule has 0 saturated heterocycles. The summed E-state index contributed by atoms with van der Waals surface area (Å²) in [6.45, 7) is 5.77. The summed E-state index contributed by atoms with van der Waals surface area (Å²) < 4.78 is 1.68. The second-order valence-electron chi connectivity index (χ2n) is 6.75. The smallest absolute Gasteiger partial charge is 0.308 e. The Morgan fingerprint density at radius 2 is 2.12 bits per heavy atom. The number of amides is 1. The van der Waals surface area contributed by atoms with Gasteiger partial charge >= 0.3 is 5.97 Å². The van der Waals surface area contributed by atoms with E-state index < -0.39 is 11.9 Å². The van der Waals surface area contributed by atoms with Gasteiger partial charge in [-0.15, -0.1) is 0 Å². The molecule has 3 rings (SSSR count). The molecule has 2 heterocycles. The number of carboxylic acid groups (broad SMARTS) is 1. The molecule has 0 aromatic carbocycles. The molecule has 134 valence electrons. The minimum absolute atomic E-state index is 0.00749. The zero-order valence-corrected chi connectivity index (χ0v) is 14.8. The molecule has 1 fully saturated rings. The van der Waals surface area contributed by atoms with Gasteiger partial charge in [0.05, 0.1) is 5.92 Å². The van der Waals surface area contributed by atoms with Crippen molar-refractivity contribution in [3.63, 3.8) is 0 Å². The molecular formula is C17H23N5O3. The van der Waals surface area contributed by atoms with E-state index in [2.05, 4.69) is 15.1 Å². The number of nitrogens with zero attached hydrogens (tertiary/aromatic N) is 5. The van der Waals surface area contributed by atoms with Crippen molar-refractivity contribution in [3.8, 4) is 0 Å². The number of rotatable bonds is 7. The molecule has 8 heteroatoms. The fourth-order valence-electron chi connectivity index (χ4n) is 3.11. The van der Waals surface area contributed by atoms with Crippen LogP contribution in [0.25, 0.3) is 5.78 Å². The van der Waals surface area contributed by atoms with E-state index in [-0.39, 0.29) is 18.5 Å². The fraction of sp³-hybridized carbons (Fsp3) is 0.588. The Balaban J connectivity index is 1.71. The van der Waals surface area contributed by atoms with Crippen molar-refractivity contribution in [1.29, 1.82) is 0 Å². The van der Waals surface area contributed by atoms with E-state index in [1.54, 1.807) is 16.3 Å². The Kier molecular flexibility index (Phi) is 4.69. The highest BCUT2D eigenvalue weighted by Crippen LogP contribution is 2.28. The SMILES string of the molecule is Cc1nc2ncnn2c(C)c1CCC(=O)N(CC(C)C(=O)O)C1CC1. The third-order valence-corrected chi connectivity index (χ3v) is 4.78. The number of hydrogen-bond donors (Lipinski definition) is 1. The van der Waals surface area contributed by atoms with Crippen LogP contribution >= 0.6 is 0 Å². The van der Waals surface area contributed by atoms with Gasteiger partial charge in [-0.05, 0) is 38.7 Å². The van der Waals surface area contributed by atoms with Gasteiger partial charge in [-0.25, -0.2) is 9.50 Å². The molecule has 2 aromatic rings. The van der Waals surface area contributed by atoms with Gasteiger partial charge in [-0.2, -0.15) is 10.1 Å². The van der Waals surface area contributed by atoms with Crippen molar-refractivity contribution in [3.05, 3.63) is 23.3 Å². The van der Waals surface area contributed by atoms with Crippen LogP contribution in [-0.2, 0) is 16.0 Å². The highest BCUT2D eigenvalue weighted by atomic mass is 16.4. The lowest BCUT2D eigenvalue weighted by Gasteiger charge is -2.24. The molecule has 0 aliphatic heterocycles. The molecule has 0 bridgehead atoms. The Morgan fingerprint density at radius 1 is 1.40 bits per heavy atom. The third-order valence-electron chi connectivity index (χ3n) is 4.78. The molecule has 1 unspecified atom stereocenters. The van der Waals surface area contributed by atoms with E-state index in [0.717, 1.165) is 29.8 Å². The largest absolute Gasteiger partial charge is 0.481 e. The summed E-state index contributed by atoms with van der Waals surface area (Å²) in [5.41, 5.74) is 2.78. The fourth-order valence-corrected chi connectivity index (χ4v) is 3.11. The summed E-state index contributed by atoms with van der Waals surface area (Å²) in [4.78, 5) is 34.0. The first-order valence-corrected chi connectivity index (χ1v) is 8.56. The molecule has 1 aliphatic rings. The molecule has 1 amide bonds. The maximum Gasteiger partial charge on any atom is 0.308 e. The number of aromatic nitrogens is 4. The first-order valence-electron chi connectivity index (χ1n) is 8.56. The maximum atomic E-state index is 12.7. The predicted octanol–water partition coefficient (Wildman–Crippen LogP) is 1.39. The van der Waals surface area contributed by atoms with Crippen LogP contribution < -0.4 is 0 Å².